The zero-order chi connectivity index (χ0) is 12.3. The Morgan fingerprint density at radius 1 is 1.56 bits per heavy atom. The summed E-state index contributed by atoms with van der Waals surface area (Å²) in [6.45, 7) is 7.95. The Labute approximate surface area is 100 Å². The van der Waals surface area contributed by atoms with Crippen molar-refractivity contribution in [1.82, 2.24) is 10.3 Å². The van der Waals surface area contributed by atoms with Gasteiger partial charge in [-0.1, -0.05) is 24.7 Å². The first-order chi connectivity index (χ1) is 7.35. The molecule has 1 aromatic heterocycles. The van der Waals surface area contributed by atoms with Gasteiger partial charge in [-0.3, -0.25) is 4.79 Å². The molecule has 0 aliphatic rings. The summed E-state index contributed by atoms with van der Waals surface area (Å²) >= 11 is 1.24. The quantitative estimate of drug-likeness (QED) is 0.850. The van der Waals surface area contributed by atoms with E-state index >= 15 is 0 Å². The third kappa shape index (κ3) is 3.20. The van der Waals surface area contributed by atoms with E-state index < -0.39 is 0 Å². The highest BCUT2D eigenvalue weighted by Gasteiger charge is 2.22. The summed E-state index contributed by atoms with van der Waals surface area (Å²) < 4.78 is 0. The summed E-state index contributed by atoms with van der Waals surface area (Å²) in [4.78, 5) is 16.6. The summed E-state index contributed by atoms with van der Waals surface area (Å²) in [5, 5.41) is 3.44. The maximum atomic E-state index is 12.0. The van der Waals surface area contributed by atoms with E-state index in [4.69, 9.17) is 5.73 Å². The Bertz CT molecular complexity index is 385. The van der Waals surface area contributed by atoms with Gasteiger partial charge >= 0.3 is 0 Å². The molecule has 0 spiro atoms. The van der Waals surface area contributed by atoms with Crippen LogP contribution in [0.2, 0.25) is 0 Å². The number of nitrogens with one attached hydrogen (secondary N) is 1. The number of aromatic nitrogens is 1. The maximum Gasteiger partial charge on any atom is 0.263 e. The van der Waals surface area contributed by atoms with Crippen molar-refractivity contribution in [1.29, 1.82) is 0 Å². The van der Waals surface area contributed by atoms with E-state index in [1.54, 1.807) is 6.92 Å². The van der Waals surface area contributed by atoms with E-state index in [2.05, 4.69) is 17.2 Å². The van der Waals surface area contributed by atoms with Crippen LogP contribution < -0.4 is 11.1 Å². The zero-order valence-corrected chi connectivity index (χ0v) is 11.1. The summed E-state index contributed by atoms with van der Waals surface area (Å²) in [7, 11) is 0. The smallest absolute Gasteiger partial charge is 0.263 e. The molecule has 3 N–H and O–H groups in total. The van der Waals surface area contributed by atoms with Crippen LogP contribution in [-0.2, 0) is 0 Å². The normalized spacial score (nSPS) is 11.5. The summed E-state index contributed by atoms with van der Waals surface area (Å²) in [6, 6.07) is 0. The van der Waals surface area contributed by atoms with Crippen LogP contribution in [0.1, 0.15) is 49.0 Å². The standard InChI is InChI=1S/C11H19N3OS/c1-5-6-11(3,4)14-9(15)8-7(2)13-10(12)16-8/h5-6H2,1-4H3,(H2,12,13)(H,14,15). The molecule has 0 aromatic carbocycles. The minimum absolute atomic E-state index is 0.0786. The van der Waals surface area contributed by atoms with Crippen molar-refractivity contribution in [3.05, 3.63) is 10.6 Å². The second kappa shape index (κ2) is 4.82. The fraction of sp³-hybridized carbons (Fsp3) is 0.636. The van der Waals surface area contributed by atoms with E-state index in [-0.39, 0.29) is 11.4 Å². The molecule has 0 atom stereocenters. The van der Waals surface area contributed by atoms with Crippen LogP contribution in [0.5, 0.6) is 0 Å². The predicted octanol–water partition coefficient (Wildman–Crippen LogP) is 2.34. The zero-order valence-electron chi connectivity index (χ0n) is 10.3. The van der Waals surface area contributed by atoms with Gasteiger partial charge in [-0.2, -0.15) is 0 Å². The fourth-order valence-corrected chi connectivity index (χ4v) is 2.41. The van der Waals surface area contributed by atoms with Gasteiger partial charge in [0, 0.05) is 5.54 Å². The highest BCUT2D eigenvalue weighted by atomic mass is 32.1. The summed E-state index contributed by atoms with van der Waals surface area (Å²) in [6.07, 6.45) is 1.99. The van der Waals surface area contributed by atoms with Crippen LogP contribution >= 0.6 is 11.3 Å². The minimum atomic E-state index is -0.184. The van der Waals surface area contributed by atoms with Gasteiger partial charge < -0.3 is 11.1 Å². The maximum absolute atomic E-state index is 12.0. The Hall–Kier alpha value is -1.10. The fourth-order valence-electron chi connectivity index (χ4n) is 1.68. The number of anilines is 1. The lowest BCUT2D eigenvalue weighted by atomic mass is 9.99. The van der Waals surface area contributed by atoms with Crippen molar-refractivity contribution in [2.24, 2.45) is 0 Å². The molecule has 4 nitrogen and oxygen atoms in total. The predicted molar refractivity (Wildman–Crippen MR) is 67.7 cm³/mol. The van der Waals surface area contributed by atoms with Crippen LogP contribution in [0.4, 0.5) is 5.13 Å². The molecule has 1 amide bonds. The molecule has 1 rings (SSSR count). The molecule has 0 radical (unpaired) electrons. The van der Waals surface area contributed by atoms with Gasteiger partial charge in [-0.25, -0.2) is 4.98 Å². The molecular weight excluding hydrogens is 222 g/mol. The lowest BCUT2D eigenvalue weighted by Gasteiger charge is -2.25. The third-order valence-corrected chi connectivity index (χ3v) is 3.33. The first kappa shape index (κ1) is 13.0. The molecule has 5 heteroatoms. The lowest BCUT2D eigenvalue weighted by molar-refractivity contribution is 0.0912. The second-order valence-corrected chi connectivity index (χ2v) is 5.59. The van der Waals surface area contributed by atoms with Crippen molar-refractivity contribution < 1.29 is 4.79 Å². The van der Waals surface area contributed by atoms with Crippen molar-refractivity contribution in [2.45, 2.75) is 46.1 Å². The molecule has 1 aromatic rings. The molecule has 0 fully saturated rings. The summed E-state index contributed by atoms with van der Waals surface area (Å²) in [5.41, 5.74) is 6.08. The van der Waals surface area contributed by atoms with Gasteiger partial charge in [0.05, 0.1) is 5.69 Å². The molecule has 0 bridgehead atoms. The van der Waals surface area contributed by atoms with Gasteiger partial charge in [0.25, 0.3) is 5.91 Å². The van der Waals surface area contributed by atoms with Crippen LogP contribution in [0.3, 0.4) is 0 Å². The number of nitrogens with zero attached hydrogens (tertiary/aromatic N) is 1. The van der Waals surface area contributed by atoms with Crippen molar-refractivity contribution in [2.75, 3.05) is 5.73 Å². The van der Waals surface area contributed by atoms with Gasteiger partial charge in [0.1, 0.15) is 4.88 Å². The van der Waals surface area contributed by atoms with E-state index in [0.717, 1.165) is 12.8 Å². The Balaban J connectivity index is 2.76. The SMILES string of the molecule is CCCC(C)(C)NC(=O)c1sc(N)nc1C. The molecule has 0 aliphatic heterocycles. The number of rotatable bonds is 4. The van der Waals surface area contributed by atoms with Crippen LogP contribution in [-0.4, -0.2) is 16.4 Å². The van der Waals surface area contributed by atoms with Gasteiger partial charge in [-0.15, -0.1) is 0 Å². The van der Waals surface area contributed by atoms with E-state index in [9.17, 15) is 4.79 Å². The average Bonchev–Trinajstić information content (AvgIpc) is 2.44. The van der Waals surface area contributed by atoms with Gasteiger partial charge in [-0.05, 0) is 27.2 Å². The van der Waals surface area contributed by atoms with E-state index in [1.807, 2.05) is 13.8 Å². The highest BCUT2D eigenvalue weighted by molar-refractivity contribution is 7.17. The van der Waals surface area contributed by atoms with Gasteiger partial charge in [0.15, 0.2) is 5.13 Å². The Morgan fingerprint density at radius 3 is 2.62 bits per heavy atom. The number of hydrogen-bond acceptors (Lipinski definition) is 4. The number of carbonyl (C=O) groups is 1. The number of amides is 1. The first-order valence-corrected chi connectivity index (χ1v) is 6.23. The van der Waals surface area contributed by atoms with Crippen molar-refractivity contribution in [3.63, 3.8) is 0 Å². The first-order valence-electron chi connectivity index (χ1n) is 5.41. The number of aryl methyl sites for hydroxylation is 1. The number of nitrogen functional groups attached to an aromatic ring is 1. The topological polar surface area (TPSA) is 68.0 Å². The molecule has 0 saturated heterocycles. The molecule has 0 saturated carbocycles. The van der Waals surface area contributed by atoms with Crippen LogP contribution in [0.25, 0.3) is 0 Å². The Morgan fingerprint density at radius 2 is 2.19 bits per heavy atom. The Kier molecular flexibility index (Phi) is 3.91. The van der Waals surface area contributed by atoms with Crippen molar-refractivity contribution >= 4 is 22.4 Å². The molecule has 0 unspecified atom stereocenters. The average molecular weight is 241 g/mol. The molecule has 90 valence electrons. The molecular formula is C11H19N3OS. The number of carbonyl (C=O) groups excluding carboxylic acids is 1. The van der Waals surface area contributed by atoms with Crippen molar-refractivity contribution in [3.8, 4) is 0 Å². The number of thiazole rings is 1. The van der Waals surface area contributed by atoms with Crippen LogP contribution in [0, 0.1) is 6.92 Å². The van der Waals surface area contributed by atoms with Crippen LogP contribution in [0.15, 0.2) is 0 Å². The summed E-state index contributed by atoms with van der Waals surface area (Å²) in [5.74, 6) is -0.0786. The van der Waals surface area contributed by atoms with Gasteiger partial charge in [0.2, 0.25) is 0 Å². The molecule has 1 heterocycles. The minimum Gasteiger partial charge on any atom is -0.375 e. The third-order valence-electron chi connectivity index (χ3n) is 2.35. The number of hydrogen-bond donors (Lipinski definition) is 2. The largest absolute Gasteiger partial charge is 0.375 e. The highest BCUT2D eigenvalue weighted by Crippen LogP contribution is 2.21. The van der Waals surface area contributed by atoms with E-state index in [0.29, 0.717) is 15.7 Å². The molecule has 0 aliphatic carbocycles. The lowest BCUT2D eigenvalue weighted by Crippen LogP contribution is -2.43. The van der Waals surface area contributed by atoms with E-state index in [1.165, 1.54) is 11.3 Å². The number of nitrogens with two attached hydrogens (primary N) is 1. The molecule has 16 heavy (non-hydrogen) atoms. The monoisotopic (exact) mass is 241 g/mol. The second-order valence-electron chi connectivity index (χ2n) is 4.55.